The number of pyridine rings is 1. The Labute approximate surface area is 103 Å². The van der Waals surface area contributed by atoms with Crippen molar-refractivity contribution in [2.45, 2.75) is 39.3 Å². The minimum Gasteiger partial charge on any atom is -0.395 e. The Morgan fingerprint density at radius 1 is 1.29 bits per heavy atom. The van der Waals surface area contributed by atoms with Crippen LogP contribution in [0.15, 0.2) is 18.5 Å². The van der Waals surface area contributed by atoms with Crippen molar-refractivity contribution in [2.24, 2.45) is 0 Å². The van der Waals surface area contributed by atoms with Gasteiger partial charge in [-0.1, -0.05) is 13.8 Å². The Kier molecular flexibility index (Phi) is 5.94. The van der Waals surface area contributed by atoms with Crippen LogP contribution in [0, 0.1) is 0 Å². The second-order valence-electron chi connectivity index (χ2n) is 4.05. The molecule has 0 bridgehead atoms. The fourth-order valence-electron chi connectivity index (χ4n) is 2.14. The number of rotatable bonds is 7. The van der Waals surface area contributed by atoms with E-state index in [1.165, 1.54) is 0 Å². The standard InChI is InChI=1S/C13H22N2O2/c1-3-12(4-2)15(7-8-16)13-9-14-6-5-11(13)10-17/h5-6,9,12,16-17H,3-4,7-8,10H2,1-2H3. The molecule has 17 heavy (non-hydrogen) atoms. The van der Waals surface area contributed by atoms with Crippen LogP contribution in [0.5, 0.6) is 0 Å². The highest BCUT2D eigenvalue weighted by molar-refractivity contribution is 5.52. The lowest BCUT2D eigenvalue weighted by molar-refractivity contribution is 0.279. The van der Waals surface area contributed by atoms with Crippen LogP contribution in [0.4, 0.5) is 5.69 Å². The molecule has 1 heterocycles. The Morgan fingerprint density at radius 2 is 2.00 bits per heavy atom. The largest absolute Gasteiger partial charge is 0.395 e. The van der Waals surface area contributed by atoms with Gasteiger partial charge in [-0.3, -0.25) is 4.98 Å². The van der Waals surface area contributed by atoms with E-state index >= 15 is 0 Å². The first-order valence-corrected chi connectivity index (χ1v) is 6.19. The molecule has 1 rings (SSSR count). The van der Waals surface area contributed by atoms with Crippen LogP contribution < -0.4 is 4.90 Å². The van der Waals surface area contributed by atoms with Crippen molar-refractivity contribution in [3.63, 3.8) is 0 Å². The highest BCUT2D eigenvalue weighted by atomic mass is 16.3. The van der Waals surface area contributed by atoms with E-state index in [2.05, 4.69) is 23.7 Å². The van der Waals surface area contributed by atoms with Gasteiger partial charge in [0.25, 0.3) is 0 Å². The first kappa shape index (κ1) is 13.9. The Balaban J connectivity index is 3.03. The van der Waals surface area contributed by atoms with Gasteiger partial charge in [0.05, 0.1) is 25.1 Å². The van der Waals surface area contributed by atoms with Crippen molar-refractivity contribution >= 4 is 5.69 Å². The van der Waals surface area contributed by atoms with Gasteiger partial charge >= 0.3 is 0 Å². The average Bonchev–Trinajstić information content (AvgIpc) is 2.39. The van der Waals surface area contributed by atoms with Crippen molar-refractivity contribution in [1.82, 2.24) is 4.98 Å². The molecule has 0 saturated heterocycles. The number of nitrogens with zero attached hydrogens (tertiary/aromatic N) is 2. The fourth-order valence-corrected chi connectivity index (χ4v) is 2.14. The van der Waals surface area contributed by atoms with E-state index in [1.54, 1.807) is 12.4 Å². The Bertz CT molecular complexity index is 327. The second kappa shape index (κ2) is 7.25. The molecule has 0 amide bonds. The molecule has 0 saturated carbocycles. The van der Waals surface area contributed by atoms with E-state index in [9.17, 15) is 10.2 Å². The predicted octanol–water partition coefficient (Wildman–Crippen LogP) is 1.56. The van der Waals surface area contributed by atoms with Crippen molar-refractivity contribution < 1.29 is 10.2 Å². The lowest BCUT2D eigenvalue weighted by Gasteiger charge is -2.33. The molecule has 1 aromatic rings. The Hall–Kier alpha value is -1.13. The molecule has 96 valence electrons. The molecule has 4 heteroatoms. The summed E-state index contributed by atoms with van der Waals surface area (Å²) in [6, 6.07) is 2.19. The molecule has 0 radical (unpaired) electrons. The summed E-state index contributed by atoms with van der Waals surface area (Å²) in [5.41, 5.74) is 1.79. The van der Waals surface area contributed by atoms with Gasteiger partial charge < -0.3 is 15.1 Å². The van der Waals surface area contributed by atoms with Gasteiger partial charge in [-0.2, -0.15) is 0 Å². The summed E-state index contributed by atoms with van der Waals surface area (Å²) >= 11 is 0. The zero-order valence-corrected chi connectivity index (χ0v) is 10.6. The average molecular weight is 238 g/mol. The van der Waals surface area contributed by atoms with Gasteiger partial charge in [-0.25, -0.2) is 0 Å². The fraction of sp³-hybridized carbons (Fsp3) is 0.615. The van der Waals surface area contributed by atoms with Crippen molar-refractivity contribution in [3.8, 4) is 0 Å². The zero-order chi connectivity index (χ0) is 12.7. The van der Waals surface area contributed by atoms with Gasteiger partial charge in [0, 0.05) is 24.3 Å². The topological polar surface area (TPSA) is 56.6 Å². The third-order valence-electron chi connectivity index (χ3n) is 3.09. The number of anilines is 1. The molecule has 2 N–H and O–H groups in total. The SMILES string of the molecule is CCC(CC)N(CCO)c1cnccc1CO. The van der Waals surface area contributed by atoms with E-state index in [4.69, 9.17) is 0 Å². The first-order chi connectivity index (χ1) is 8.28. The molecule has 0 aromatic carbocycles. The quantitative estimate of drug-likeness (QED) is 0.757. The summed E-state index contributed by atoms with van der Waals surface area (Å²) in [7, 11) is 0. The summed E-state index contributed by atoms with van der Waals surface area (Å²) in [6.45, 7) is 4.95. The first-order valence-electron chi connectivity index (χ1n) is 6.19. The van der Waals surface area contributed by atoms with Crippen LogP contribution in [0.25, 0.3) is 0 Å². The minimum atomic E-state index is -0.0000690. The van der Waals surface area contributed by atoms with E-state index in [0.29, 0.717) is 12.6 Å². The van der Waals surface area contributed by atoms with E-state index in [-0.39, 0.29) is 13.2 Å². The van der Waals surface area contributed by atoms with Crippen molar-refractivity contribution in [1.29, 1.82) is 0 Å². The lowest BCUT2D eigenvalue weighted by Crippen LogP contribution is -2.37. The third-order valence-corrected chi connectivity index (χ3v) is 3.09. The lowest BCUT2D eigenvalue weighted by atomic mass is 10.1. The number of aromatic nitrogens is 1. The summed E-state index contributed by atoms with van der Waals surface area (Å²) in [6.07, 6.45) is 5.46. The van der Waals surface area contributed by atoms with Crippen LogP contribution in [0.2, 0.25) is 0 Å². The van der Waals surface area contributed by atoms with Gasteiger partial charge in [0.15, 0.2) is 0 Å². The highest BCUT2D eigenvalue weighted by Crippen LogP contribution is 2.23. The van der Waals surface area contributed by atoms with Gasteiger partial charge in [-0.05, 0) is 18.9 Å². The molecule has 4 nitrogen and oxygen atoms in total. The van der Waals surface area contributed by atoms with Crippen LogP contribution >= 0.6 is 0 Å². The smallest absolute Gasteiger partial charge is 0.0703 e. The molecule has 0 aliphatic heterocycles. The van der Waals surface area contributed by atoms with Gasteiger partial charge in [-0.15, -0.1) is 0 Å². The number of aliphatic hydroxyl groups excluding tert-OH is 2. The van der Waals surface area contributed by atoms with Crippen molar-refractivity contribution in [3.05, 3.63) is 24.0 Å². The molecule has 0 atom stereocenters. The van der Waals surface area contributed by atoms with E-state index < -0.39 is 0 Å². The van der Waals surface area contributed by atoms with Crippen LogP contribution in [-0.4, -0.2) is 34.4 Å². The predicted molar refractivity (Wildman–Crippen MR) is 69.0 cm³/mol. The molecule has 1 aromatic heterocycles. The molecular formula is C13H22N2O2. The summed E-state index contributed by atoms with van der Waals surface area (Å²) < 4.78 is 0. The van der Waals surface area contributed by atoms with Crippen molar-refractivity contribution in [2.75, 3.05) is 18.1 Å². The number of hydrogen-bond acceptors (Lipinski definition) is 4. The second-order valence-corrected chi connectivity index (χ2v) is 4.05. The minimum absolute atomic E-state index is 0.0000690. The van der Waals surface area contributed by atoms with Gasteiger partial charge in [0.1, 0.15) is 0 Å². The number of hydrogen-bond donors (Lipinski definition) is 2. The maximum atomic E-state index is 9.35. The van der Waals surface area contributed by atoms with Crippen LogP contribution in [0.3, 0.4) is 0 Å². The summed E-state index contributed by atoms with van der Waals surface area (Å²) in [5.74, 6) is 0. The maximum Gasteiger partial charge on any atom is 0.0703 e. The molecule has 0 aliphatic rings. The monoisotopic (exact) mass is 238 g/mol. The molecule has 0 fully saturated rings. The normalized spacial score (nSPS) is 10.9. The van der Waals surface area contributed by atoms with Gasteiger partial charge in [0.2, 0.25) is 0 Å². The highest BCUT2D eigenvalue weighted by Gasteiger charge is 2.17. The maximum absolute atomic E-state index is 9.35. The summed E-state index contributed by atoms with van der Waals surface area (Å²) in [5, 5.41) is 18.5. The molecule has 0 spiro atoms. The third kappa shape index (κ3) is 3.41. The van der Waals surface area contributed by atoms with Crippen LogP contribution in [0.1, 0.15) is 32.3 Å². The molecule has 0 aliphatic carbocycles. The van der Waals surface area contributed by atoms with Crippen LogP contribution in [-0.2, 0) is 6.61 Å². The van der Waals surface area contributed by atoms with E-state index in [1.807, 2.05) is 6.07 Å². The molecule has 0 unspecified atom stereocenters. The van der Waals surface area contributed by atoms with E-state index in [0.717, 1.165) is 24.1 Å². The Morgan fingerprint density at radius 3 is 2.53 bits per heavy atom. The molecular weight excluding hydrogens is 216 g/mol. The number of aliphatic hydroxyl groups is 2. The zero-order valence-electron chi connectivity index (χ0n) is 10.6. The summed E-state index contributed by atoms with van der Waals surface area (Å²) in [4.78, 5) is 6.25.